The van der Waals surface area contributed by atoms with Gasteiger partial charge in [-0.2, -0.15) is 0 Å². The molecule has 0 unspecified atom stereocenters. The third-order valence-electron chi connectivity index (χ3n) is 1.82. The first kappa shape index (κ1) is 11.8. The number of ether oxygens (including phenoxy) is 1. The van der Waals surface area contributed by atoms with Gasteiger partial charge in [0.15, 0.2) is 11.6 Å². The quantitative estimate of drug-likeness (QED) is 0.261. The molecule has 0 spiro atoms. The Hall–Kier alpha value is -2.31. The summed E-state index contributed by atoms with van der Waals surface area (Å²) in [6, 6.07) is 4.47. The summed E-state index contributed by atoms with van der Waals surface area (Å²) in [4.78, 5) is 10.1. The molecule has 3 N–H and O–H groups in total. The molecular weight excluding hydrogens is 214 g/mol. The summed E-state index contributed by atoms with van der Waals surface area (Å²) in [5.74, 6) is -0.0626. The van der Waals surface area contributed by atoms with Crippen LogP contribution in [0.1, 0.15) is 5.56 Å². The van der Waals surface area contributed by atoms with Crippen LogP contribution in [0, 0.1) is 17.0 Å². The fourth-order valence-electron chi connectivity index (χ4n) is 1.07. The van der Waals surface area contributed by atoms with E-state index in [1.807, 2.05) is 0 Å². The largest absolute Gasteiger partial charge is 0.479 e. The lowest BCUT2D eigenvalue weighted by molar-refractivity contribution is -0.385. The Morgan fingerprint density at radius 1 is 1.69 bits per heavy atom. The normalized spacial score (nSPS) is 11.2. The van der Waals surface area contributed by atoms with Crippen molar-refractivity contribution < 1.29 is 14.9 Å². The average molecular weight is 225 g/mol. The maximum atomic E-state index is 10.7. The Kier molecular flexibility index (Phi) is 3.65. The monoisotopic (exact) mass is 225 g/mol. The number of nitrogens with two attached hydrogens (primary N) is 1. The highest BCUT2D eigenvalue weighted by atomic mass is 16.6. The number of benzene rings is 1. The second-order valence-corrected chi connectivity index (χ2v) is 3.11. The molecule has 0 saturated heterocycles. The number of hydrogen-bond acceptors (Lipinski definition) is 5. The fourth-order valence-corrected chi connectivity index (χ4v) is 1.07. The van der Waals surface area contributed by atoms with E-state index in [2.05, 4.69) is 5.16 Å². The number of amidine groups is 1. The predicted octanol–water partition coefficient (Wildman–Crippen LogP) is 1.03. The number of aryl methyl sites for hydroxylation is 1. The highest BCUT2D eigenvalue weighted by molar-refractivity contribution is 5.81. The minimum atomic E-state index is -0.555. The lowest BCUT2D eigenvalue weighted by Gasteiger charge is -2.06. The smallest absolute Gasteiger partial charge is 0.310 e. The minimum Gasteiger partial charge on any atom is -0.479 e. The zero-order valence-electron chi connectivity index (χ0n) is 8.58. The highest BCUT2D eigenvalue weighted by Crippen LogP contribution is 2.27. The third-order valence-corrected chi connectivity index (χ3v) is 1.82. The van der Waals surface area contributed by atoms with Gasteiger partial charge in [0.25, 0.3) is 0 Å². The van der Waals surface area contributed by atoms with Crippen LogP contribution < -0.4 is 10.5 Å². The van der Waals surface area contributed by atoms with Crippen molar-refractivity contribution in [1.82, 2.24) is 0 Å². The van der Waals surface area contributed by atoms with E-state index in [1.165, 1.54) is 12.1 Å². The number of nitro groups is 1. The molecule has 0 heterocycles. The van der Waals surface area contributed by atoms with E-state index >= 15 is 0 Å². The van der Waals surface area contributed by atoms with Crippen LogP contribution in [0.2, 0.25) is 0 Å². The Labute approximate surface area is 91.3 Å². The molecular formula is C9H11N3O4. The van der Waals surface area contributed by atoms with Gasteiger partial charge in [-0.3, -0.25) is 10.1 Å². The molecule has 1 rings (SSSR count). The molecule has 0 fully saturated rings. The summed E-state index contributed by atoms with van der Waals surface area (Å²) in [6.07, 6.45) is 0. The van der Waals surface area contributed by atoms with Crippen LogP contribution >= 0.6 is 0 Å². The maximum absolute atomic E-state index is 10.7. The zero-order chi connectivity index (χ0) is 12.1. The first-order chi connectivity index (χ1) is 7.54. The maximum Gasteiger partial charge on any atom is 0.310 e. The van der Waals surface area contributed by atoms with Gasteiger partial charge >= 0.3 is 5.69 Å². The Morgan fingerprint density at radius 2 is 2.38 bits per heavy atom. The zero-order valence-corrected chi connectivity index (χ0v) is 8.58. The summed E-state index contributed by atoms with van der Waals surface area (Å²) in [5, 5.41) is 21.7. The van der Waals surface area contributed by atoms with Crippen LogP contribution in [0.25, 0.3) is 0 Å². The Morgan fingerprint density at radius 3 is 2.94 bits per heavy atom. The van der Waals surface area contributed by atoms with Gasteiger partial charge in [0.1, 0.15) is 6.61 Å². The van der Waals surface area contributed by atoms with Crippen molar-refractivity contribution in [3.05, 3.63) is 33.9 Å². The summed E-state index contributed by atoms with van der Waals surface area (Å²) < 4.78 is 5.07. The number of nitrogens with zero attached hydrogens (tertiary/aromatic N) is 2. The third kappa shape index (κ3) is 2.84. The van der Waals surface area contributed by atoms with Crippen molar-refractivity contribution in [1.29, 1.82) is 0 Å². The molecule has 0 bridgehead atoms. The van der Waals surface area contributed by atoms with Crippen LogP contribution in [0.4, 0.5) is 5.69 Å². The van der Waals surface area contributed by atoms with Crippen LogP contribution in [0.5, 0.6) is 5.75 Å². The summed E-state index contributed by atoms with van der Waals surface area (Å²) >= 11 is 0. The van der Waals surface area contributed by atoms with E-state index in [4.69, 9.17) is 15.7 Å². The number of hydrogen-bond donors (Lipinski definition) is 2. The van der Waals surface area contributed by atoms with Crippen molar-refractivity contribution in [2.75, 3.05) is 6.61 Å². The lowest BCUT2D eigenvalue weighted by Crippen LogP contribution is -2.21. The van der Waals surface area contributed by atoms with Gasteiger partial charge < -0.3 is 15.7 Å². The first-order valence-electron chi connectivity index (χ1n) is 4.39. The van der Waals surface area contributed by atoms with Gasteiger partial charge in [0.2, 0.25) is 0 Å². The van der Waals surface area contributed by atoms with Crippen molar-refractivity contribution in [2.24, 2.45) is 10.9 Å². The van der Waals surface area contributed by atoms with E-state index in [0.29, 0.717) is 0 Å². The second-order valence-electron chi connectivity index (χ2n) is 3.11. The fraction of sp³-hybridized carbons (Fsp3) is 0.222. The van der Waals surface area contributed by atoms with Gasteiger partial charge in [0.05, 0.1) is 4.92 Å². The summed E-state index contributed by atoms with van der Waals surface area (Å²) in [7, 11) is 0. The van der Waals surface area contributed by atoms with E-state index in [0.717, 1.165) is 5.56 Å². The number of nitro benzene ring substituents is 1. The van der Waals surface area contributed by atoms with Crippen LogP contribution in [-0.4, -0.2) is 22.6 Å². The van der Waals surface area contributed by atoms with E-state index in [-0.39, 0.29) is 23.9 Å². The number of oxime groups is 1. The molecule has 0 aliphatic heterocycles. The van der Waals surface area contributed by atoms with Crippen LogP contribution in [-0.2, 0) is 0 Å². The molecule has 0 aliphatic carbocycles. The molecule has 0 atom stereocenters. The molecule has 0 amide bonds. The molecule has 7 heteroatoms. The summed E-state index contributed by atoms with van der Waals surface area (Å²) in [6.45, 7) is 1.57. The molecule has 0 aliphatic rings. The standard InChI is InChI=1S/C9H11N3O4/c1-6-2-3-7(12(14)15)8(4-6)16-5-9(10)11-13/h2-4,13H,5H2,1H3,(H2,10,11). The highest BCUT2D eigenvalue weighted by Gasteiger charge is 2.15. The molecule has 0 aromatic heterocycles. The molecule has 1 aromatic carbocycles. The molecule has 1 aromatic rings. The number of rotatable bonds is 4. The van der Waals surface area contributed by atoms with Crippen molar-refractivity contribution in [3.63, 3.8) is 0 Å². The first-order valence-corrected chi connectivity index (χ1v) is 4.39. The molecule has 0 radical (unpaired) electrons. The van der Waals surface area contributed by atoms with Crippen molar-refractivity contribution in [2.45, 2.75) is 6.92 Å². The van der Waals surface area contributed by atoms with E-state index in [9.17, 15) is 10.1 Å². The van der Waals surface area contributed by atoms with E-state index in [1.54, 1.807) is 13.0 Å². The SMILES string of the molecule is Cc1ccc([N+](=O)[O-])c(OC/C(N)=N/O)c1. The van der Waals surface area contributed by atoms with Crippen molar-refractivity contribution >= 4 is 11.5 Å². The summed E-state index contributed by atoms with van der Waals surface area (Å²) in [5.41, 5.74) is 5.85. The average Bonchev–Trinajstić information content (AvgIpc) is 2.25. The molecule has 0 saturated carbocycles. The van der Waals surface area contributed by atoms with Crippen molar-refractivity contribution in [3.8, 4) is 5.75 Å². The van der Waals surface area contributed by atoms with Gasteiger partial charge in [-0.15, -0.1) is 0 Å². The topological polar surface area (TPSA) is 111 Å². The minimum absolute atomic E-state index is 0.0941. The van der Waals surface area contributed by atoms with Gasteiger partial charge in [0, 0.05) is 6.07 Å². The Bertz CT molecular complexity index is 431. The van der Waals surface area contributed by atoms with Gasteiger partial charge in [-0.05, 0) is 18.6 Å². The van der Waals surface area contributed by atoms with Crippen LogP contribution in [0.15, 0.2) is 23.4 Å². The predicted molar refractivity (Wildman–Crippen MR) is 56.7 cm³/mol. The Balaban J connectivity index is 2.92. The molecule has 86 valence electrons. The van der Waals surface area contributed by atoms with Gasteiger partial charge in [-0.25, -0.2) is 0 Å². The van der Waals surface area contributed by atoms with E-state index < -0.39 is 4.92 Å². The second kappa shape index (κ2) is 4.96. The van der Waals surface area contributed by atoms with Gasteiger partial charge in [-0.1, -0.05) is 11.2 Å². The molecule has 16 heavy (non-hydrogen) atoms. The van der Waals surface area contributed by atoms with Crippen LogP contribution in [0.3, 0.4) is 0 Å². The lowest BCUT2D eigenvalue weighted by atomic mass is 10.2. The molecule has 7 nitrogen and oxygen atoms in total.